The minimum Gasteiger partial charge on any atom is -0.493 e. The van der Waals surface area contributed by atoms with Crippen LogP contribution in [0.3, 0.4) is 0 Å². The number of ether oxygens (including phenoxy) is 3. The summed E-state index contributed by atoms with van der Waals surface area (Å²) in [5, 5.41) is 34.7. The number of nitrogens with one attached hydrogen (secondary N) is 1. The van der Waals surface area contributed by atoms with Gasteiger partial charge in [-0.2, -0.15) is 5.26 Å². The molecule has 200 valence electrons. The molecule has 13 heteroatoms. The van der Waals surface area contributed by atoms with E-state index in [-0.39, 0.29) is 33.4 Å². The maximum atomic E-state index is 12.8. The maximum absolute atomic E-state index is 12.8. The Hall–Kier alpha value is -4.96. The molecule has 0 radical (unpaired) electrons. The second-order valence-electron chi connectivity index (χ2n) is 8.12. The Morgan fingerprint density at radius 1 is 1.08 bits per heavy atom. The first-order valence-corrected chi connectivity index (χ1v) is 12.0. The Bertz CT molecular complexity index is 1510. The summed E-state index contributed by atoms with van der Waals surface area (Å²) in [6, 6.07) is 14.5. The molecule has 0 unspecified atom stereocenters. The summed E-state index contributed by atoms with van der Waals surface area (Å²) in [5.41, 5.74) is -0.478. The predicted octanol–water partition coefficient (Wildman–Crippen LogP) is 6.40. The van der Waals surface area contributed by atoms with E-state index in [2.05, 4.69) is 21.2 Å². The first kappa shape index (κ1) is 28.6. The standard InChI is InChI=1S/C26H21BrN4O8/c1-15(2)38-20-6-4-5-18(12-20)29-26(32)17(14-28)9-16-10-21(27)25(24(11-16)37-3)39-23-8-7-19(30(33)34)13-22(23)31(35)36/h4-13,15H,1-3H3,(H,29,32)/b17-9-. The van der Waals surface area contributed by atoms with Crippen LogP contribution in [0.5, 0.6) is 23.0 Å². The van der Waals surface area contributed by atoms with Crippen LogP contribution in [0.2, 0.25) is 0 Å². The van der Waals surface area contributed by atoms with Crippen LogP contribution < -0.4 is 19.5 Å². The Labute approximate surface area is 230 Å². The van der Waals surface area contributed by atoms with Crippen LogP contribution in [-0.4, -0.2) is 29.0 Å². The minimum absolute atomic E-state index is 0.0385. The number of hydrogen-bond acceptors (Lipinski definition) is 9. The Kier molecular flexibility index (Phi) is 9.19. The highest BCUT2D eigenvalue weighted by Crippen LogP contribution is 2.43. The van der Waals surface area contributed by atoms with E-state index >= 15 is 0 Å². The number of halogens is 1. The second-order valence-corrected chi connectivity index (χ2v) is 8.98. The Balaban J connectivity index is 1.91. The highest BCUT2D eigenvalue weighted by Gasteiger charge is 2.23. The van der Waals surface area contributed by atoms with Crippen molar-refractivity contribution in [1.29, 1.82) is 5.26 Å². The van der Waals surface area contributed by atoms with Gasteiger partial charge in [0.1, 0.15) is 17.4 Å². The molecule has 0 spiro atoms. The molecule has 0 aliphatic carbocycles. The van der Waals surface area contributed by atoms with Crippen molar-refractivity contribution in [3.8, 4) is 29.1 Å². The van der Waals surface area contributed by atoms with Gasteiger partial charge >= 0.3 is 5.69 Å². The van der Waals surface area contributed by atoms with Crippen molar-refractivity contribution >= 4 is 45.0 Å². The first-order chi connectivity index (χ1) is 18.5. The molecule has 0 aromatic heterocycles. The number of hydrogen-bond donors (Lipinski definition) is 1. The van der Waals surface area contributed by atoms with E-state index in [1.807, 2.05) is 19.9 Å². The molecule has 1 N–H and O–H groups in total. The molecule has 0 fully saturated rings. The number of anilines is 1. The van der Waals surface area contributed by atoms with E-state index in [0.29, 0.717) is 17.0 Å². The fourth-order valence-corrected chi connectivity index (χ4v) is 3.85. The predicted molar refractivity (Wildman–Crippen MR) is 145 cm³/mol. The van der Waals surface area contributed by atoms with E-state index < -0.39 is 27.1 Å². The summed E-state index contributed by atoms with van der Waals surface area (Å²) in [7, 11) is 1.33. The lowest BCUT2D eigenvalue weighted by atomic mass is 10.1. The molecule has 0 atom stereocenters. The van der Waals surface area contributed by atoms with Crippen LogP contribution >= 0.6 is 15.9 Å². The molecule has 0 saturated heterocycles. The molecule has 0 heterocycles. The van der Waals surface area contributed by atoms with Gasteiger partial charge in [0.2, 0.25) is 5.75 Å². The van der Waals surface area contributed by atoms with Crippen molar-refractivity contribution in [3.63, 3.8) is 0 Å². The highest BCUT2D eigenvalue weighted by atomic mass is 79.9. The number of carbonyl (C=O) groups is 1. The van der Waals surface area contributed by atoms with E-state index in [1.165, 1.54) is 25.3 Å². The average molecular weight is 597 g/mol. The third-order valence-corrected chi connectivity index (χ3v) is 5.54. The molecule has 0 saturated carbocycles. The minimum atomic E-state index is -0.803. The number of carbonyl (C=O) groups excluding carboxylic acids is 1. The van der Waals surface area contributed by atoms with Crippen molar-refractivity contribution in [2.24, 2.45) is 0 Å². The topological polar surface area (TPSA) is 167 Å². The SMILES string of the molecule is COc1cc(/C=C(/C#N)C(=O)Nc2cccc(OC(C)C)c2)cc(Br)c1Oc1ccc([N+](=O)[O-])cc1[N+](=O)[O-]. The summed E-state index contributed by atoms with van der Waals surface area (Å²) < 4.78 is 16.9. The molecule has 0 bridgehead atoms. The summed E-state index contributed by atoms with van der Waals surface area (Å²) in [4.78, 5) is 33.7. The van der Waals surface area contributed by atoms with Crippen molar-refractivity contribution in [3.05, 3.63) is 90.4 Å². The molecule has 39 heavy (non-hydrogen) atoms. The lowest BCUT2D eigenvalue weighted by Gasteiger charge is -2.14. The fraction of sp³-hybridized carbons (Fsp3) is 0.154. The molecule has 12 nitrogen and oxygen atoms in total. The zero-order valence-corrected chi connectivity index (χ0v) is 22.4. The van der Waals surface area contributed by atoms with Gasteiger partial charge in [0, 0.05) is 17.8 Å². The number of nitriles is 1. The second kappa shape index (κ2) is 12.5. The van der Waals surface area contributed by atoms with Gasteiger partial charge in [-0.05, 0) is 71.7 Å². The first-order valence-electron chi connectivity index (χ1n) is 11.2. The van der Waals surface area contributed by atoms with Crippen LogP contribution in [0.1, 0.15) is 19.4 Å². The number of nitro benzene ring substituents is 2. The molecular formula is C26H21BrN4O8. The van der Waals surface area contributed by atoms with Crippen LogP contribution in [-0.2, 0) is 4.79 Å². The van der Waals surface area contributed by atoms with Crippen LogP contribution in [0, 0.1) is 31.6 Å². The lowest BCUT2D eigenvalue weighted by molar-refractivity contribution is -0.394. The highest BCUT2D eigenvalue weighted by molar-refractivity contribution is 9.10. The van der Waals surface area contributed by atoms with Crippen LogP contribution in [0.25, 0.3) is 6.08 Å². The summed E-state index contributed by atoms with van der Waals surface area (Å²) >= 11 is 3.32. The third-order valence-electron chi connectivity index (χ3n) is 4.95. The quantitative estimate of drug-likeness (QED) is 0.120. The van der Waals surface area contributed by atoms with Crippen LogP contribution in [0.4, 0.5) is 17.1 Å². The number of benzene rings is 3. The number of non-ortho nitro benzene ring substituents is 1. The summed E-state index contributed by atoms with van der Waals surface area (Å²) in [6.07, 6.45) is 1.27. The molecule has 0 aliphatic heterocycles. The third kappa shape index (κ3) is 7.30. The van der Waals surface area contributed by atoms with Gasteiger partial charge in [0.05, 0.1) is 33.6 Å². The van der Waals surface area contributed by atoms with E-state index in [1.54, 1.807) is 24.3 Å². The van der Waals surface area contributed by atoms with Gasteiger partial charge in [-0.15, -0.1) is 0 Å². The Morgan fingerprint density at radius 3 is 2.44 bits per heavy atom. The molecule has 3 aromatic rings. The normalized spacial score (nSPS) is 10.9. The molecule has 1 amide bonds. The van der Waals surface area contributed by atoms with Gasteiger partial charge in [-0.3, -0.25) is 25.0 Å². The Morgan fingerprint density at radius 2 is 1.82 bits per heavy atom. The molecule has 3 aromatic carbocycles. The van der Waals surface area contributed by atoms with E-state index in [0.717, 1.165) is 18.2 Å². The zero-order valence-electron chi connectivity index (χ0n) is 20.8. The zero-order chi connectivity index (χ0) is 28.7. The summed E-state index contributed by atoms with van der Waals surface area (Å²) in [5.74, 6) is -0.205. The maximum Gasteiger partial charge on any atom is 0.318 e. The number of methoxy groups -OCH3 is 1. The number of nitro groups is 2. The number of nitrogens with zero attached hydrogens (tertiary/aromatic N) is 3. The molecular weight excluding hydrogens is 576 g/mol. The lowest BCUT2D eigenvalue weighted by Crippen LogP contribution is -2.13. The molecule has 3 rings (SSSR count). The van der Waals surface area contributed by atoms with Gasteiger partial charge in [0.15, 0.2) is 11.5 Å². The van der Waals surface area contributed by atoms with Gasteiger partial charge in [-0.1, -0.05) is 6.07 Å². The van der Waals surface area contributed by atoms with Crippen molar-refractivity contribution < 1.29 is 28.9 Å². The van der Waals surface area contributed by atoms with Crippen molar-refractivity contribution in [2.75, 3.05) is 12.4 Å². The van der Waals surface area contributed by atoms with E-state index in [4.69, 9.17) is 14.2 Å². The fourth-order valence-electron chi connectivity index (χ4n) is 3.31. The monoisotopic (exact) mass is 596 g/mol. The van der Waals surface area contributed by atoms with Gasteiger partial charge < -0.3 is 19.5 Å². The van der Waals surface area contributed by atoms with E-state index in [9.17, 15) is 30.3 Å². The smallest absolute Gasteiger partial charge is 0.318 e. The number of amides is 1. The van der Waals surface area contributed by atoms with Gasteiger partial charge in [0.25, 0.3) is 11.6 Å². The van der Waals surface area contributed by atoms with Gasteiger partial charge in [-0.25, -0.2) is 0 Å². The number of rotatable bonds is 10. The molecule has 0 aliphatic rings. The largest absolute Gasteiger partial charge is 0.493 e. The van der Waals surface area contributed by atoms with Crippen molar-refractivity contribution in [2.45, 2.75) is 20.0 Å². The van der Waals surface area contributed by atoms with Crippen LogP contribution in [0.15, 0.2) is 64.6 Å². The summed E-state index contributed by atoms with van der Waals surface area (Å²) in [6.45, 7) is 3.75. The van der Waals surface area contributed by atoms with Crippen molar-refractivity contribution in [1.82, 2.24) is 0 Å². The average Bonchev–Trinajstić information content (AvgIpc) is 2.88.